The molecule has 0 saturated carbocycles. The van der Waals surface area contributed by atoms with E-state index in [0.717, 1.165) is 37.4 Å². The van der Waals surface area contributed by atoms with Crippen LogP contribution < -0.4 is 5.32 Å². The molecule has 0 aliphatic heterocycles. The van der Waals surface area contributed by atoms with E-state index in [1.54, 1.807) is 6.20 Å². The zero-order chi connectivity index (χ0) is 16.7. The van der Waals surface area contributed by atoms with E-state index in [9.17, 15) is 4.79 Å². The molecule has 1 N–H and O–H groups in total. The second-order valence-electron chi connectivity index (χ2n) is 5.73. The van der Waals surface area contributed by atoms with Gasteiger partial charge in [0.15, 0.2) is 0 Å². The summed E-state index contributed by atoms with van der Waals surface area (Å²) >= 11 is 0. The lowest BCUT2D eigenvalue weighted by Gasteiger charge is -2.17. The number of amides is 1. The van der Waals surface area contributed by atoms with Crippen molar-refractivity contribution in [3.63, 3.8) is 0 Å². The quantitative estimate of drug-likeness (QED) is 0.815. The van der Waals surface area contributed by atoms with Gasteiger partial charge in [0.2, 0.25) is 5.91 Å². The van der Waals surface area contributed by atoms with Crippen LogP contribution in [0.3, 0.4) is 0 Å². The number of likely N-dealkylation sites (N-methyl/N-ethyl adjacent to an activating group) is 1. The van der Waals surface area contributed by atoms with Gasteiger partial charge in [-0.05, 0) is 25.6 Å². The molecule has 0 fully saturated rings. The highest BCUT2D eigenvalue weighted by molar-refractivity contribution is 5.91. The summed E-state index contributed by atoms with van der Waals surface area (Å²) in [4.78, 5) is 14.4. The molecule has 124 valence electrons. The number of nitrogens with one attached hydrogen (secondary N) is 1. The lowest BCUT2D eigenvalue weighted by atomic mass is 10.1. The van der Waals surface area contributed by atoms with Crippen LogP contribution in [0.15, 0.2) is 36.7 Å². The molecule has 1 amide bonds. The predicted octanol–water partition coefficient (Wildman–Crippen LogP) is 2.71. The number of rotatable bonds is 8. The normalized spacial score (nSPS) is 11.0. The maximum atomic E-state index is 12.1. The van der Waals surface area contributed by atoms with E-state index >= 15 is 0 Å². The Morgan fingerprint density at radius 1 is 1.22 bits per heavy atom. The van der Waals surface area contributed by atoms with Gasteiger partial charge in [-0.2, -0.15) is 5.10 Å². The van der Waals surface area contributed by atoms with E-state index in [4.69, 9.17) is 0 Å². The van der Waals surface area contributed by atoms with E-state index < -0.39 is 0 Å². The largest absolute Gasteiger partial charge is 0.323 e. The topological polar surface area (TPSA) is 50.2 Å². The molecule has 1 heterocycles. The van der Waals surface area contributed by atoms with E-state index in [2.05, 4.69) is 29.2 Å². The lowest BCUT2D eigenvalue weighted by molar-refractivity contribution is -0.115. The summed E-state index contributed by atoms with van der Waals surface area (Å²) < 4.78 is 1.87. The molecule has 0 spiro atoms. The summed E-state index contributed by atoms with van der Waals surface area (Å²) in [7, 11) is 0. The Labute approximate surface area is 138 Å². The highest BCUT2D eigenvalue weighted by Gasteiger charge is 2.07. The zero-order valence-electron chi connectivity index (χ0n) is 14.2. The third kappa shape index (κ3) is 5.53. The molecular weight excluding hydrogens is 288 g/mol. The summed E-state index contributed by atoms with van der Waals surface area (Å²) in [6.07, 6.45) is 3.97. The average molecular weight is 314 g/mol. The molecule has 2 rings (SSSR count). The summed E-state index contributed by atoms with van der Waals surface area (Å²) in [5, 5.41) is 7.21. The van der Waals surface area contributed by atoms with Gasteiger partial charge >= 0.3 is 0 Å². The fourth-order valence-electron chi connectivity index (χ4n) is 2.43. The first-order valence-corrected chi connectivity index (χ1v) is 8.21. The van der Waals surface area contributed by atoms with Gasteiger partial charge in [0.1, 0.15) is 0 Å². The van der Waals surface area contributed by atoms with Crippen molar-refractivity contribution < 1.29 is 4.79 Å². The van der Waals surface area contributed by atoms with Crippen LogP contribution in [0, 0.1) is 6.92 Å². The van der Waals surface area contributed by atoms with Gasteiger partial charge in [0.25, 0.3) is 0 Å². The van der Waals surface area contributed by atoms with Gasteiger partial charge in [-0.1, -0.05) is 43.7 Å². The average Bonchev–Trinajstić information content (AvgIpc) is 2.98. The number of hydrogen-bond donors (Lipinski definition) is 1. The number of aromatic nitrogens is 2. The van der Waals surface area contributed by atoms with Crippen LogP contribution in [0.1, 0.15) is 25.0 Å². The Morgan fingerprint density at radius 2 is 1.91 bits per heavy atom. The second kappa shape index (κ2) is 8.48. The number of benzene rings is 1. The summed E-state index contributed by atoms with van der Waals surface area (Å²) in [6, 6.07) is 8.02. The third-order valence-electron chi connectivity index (χ3n) is 3.94. The van der Waals surface area contributed by atoms with Crippen molar-refractivity contribution >= 4 is 11.6 Å². The van der Waals surface area contributed by atoms with Crippen LogP contribution in [-0.2, 0) is 17.8 Å². The first kappa shape index (κ1) is 17.2. The first-order chi connectivity index (χ1) is 11.1. The van der Waals surface area contributed by atoms with Crippen molar-refractivity contribution in [2.24, 2.45) is 0 Å². The maximum absolute atomic E-state index is 12.1. The summed E-state index contributed by atoms with van der Waals surface area (Å²) in [5.41, 5.74) is 2.97. The zero-order valence-corrected chi connectivity index (χ0v) is 14.2. The fourth-order valence-corrected chi connectivity index (χ4v) is 2.43. The number of hydrogen-bond acceptors (Lipinski definition) is 3. The van der Waals surface area contributed by atoms with E-state index in [1.807, 2.05) is 42.1 Å². The van der Waals surface area contributed by atoms with Crippen molar-refractivity contribution in [3.8, 4) is 0 Å². The van der Waals surface area contributed by atoms with E-state index in [0.29, 0.717) is 6.42 Å². The first-order valence-electron chi connectivity index (χ1n) is 8.21. The highest BCUT2D eigenvalue weighted by Crippen LogP contribution is 2.08. The molecule has 1 aromatic heterocycles. The van der Waals surface area contributed by atoms with Gasteiger partial charge in [-0.25, -0.2) is 0 Å². The molecule has 5 heteroatoms. The van der Waals surface area contributed by atoms with Gasteiger partial charge < -0.3 is 10.2 Å². The van der Waals surface area contributed by atoms with Crippen molar-refractivity contribution in [3.05, 3.63) is 47.8 Å². The van der Waals surface area contributed by atoms with Crippen molar-refractivity contribution in [1.29, 1.82) is 0 Å². The van der Waals surface area contributed by atoms with Crippen LogP contribution in [0.4, 0.5) is 5.69 Å². The number of anilines is 1. The van der Waals surface area contributed by atoms with Crippen LogP contribution in [0.5, 0.6) is 0 Å². The minimum Gasteiger partial charge on any atom is -0.323 e. The lowest BCUT2D eigenvalue weighted by Crippen LogP contribution is -2.27. The molecule has 0 bridgehead atoms. The molecule has 2 aromatic rings. The molecule has 23 heavy (non-hydrogen) atoms. The molecule has 5 nitrogen and oxygen atoms in total. The molecule has 1 aromatic carbocycles. The predicted molar refractivity (Wildman–Crippen MR) is 93.5 cm³/mol. The van der Waals surface area contributed by atoms with Crippen LogP contribution in [-0.4, -0.2) is 40.2 Å². The Kier molecular flexibility index (Phi) is 6.35. The SMILES string of the molecule is CCN(CC)CCn1cc(NC(=O)Cc2ccc(C)cc2)cn1. The van der Waals surface area contributed by atoms with Crippen LogP contribution in [0.2, 0.25) is 0 Å². The van der Waals surface area contributed by atoms with Gasteiger partial charge in [-0.15, -0.1) is 0 Å². The smallest absolute Gasteiger partial charge is 0.228 e. The Bertz CT molecular complexity index is 614. The molecule has 0 aliphatic carbocycles. The molecular formula is C18H26N4O. The van der Waals surface area contributed by atoms with Gasteiger partial charge in [0.05, 0.1) is 24.8 Å². The van der Waals surface area contributed by atoms with Gasteiger partial charge in [0, 0.05) is 12.7 Å². The second-order valence-corrected chi connectivity index (χ2v) is 5.73. The standard InChI is InChI=1S/C18H26N4O/c1-4-21(5-2)10-11-22-14-17(13-19-22)20-18(23)12-16-8-6-15(3)7-9-16/h6-9,13-14H,4-5,10-12H2,1-3H3,(H,20,23). The molecule has 0 saturated heterocycles. The maximum Gasteiger partial charge on any atom is 0.228 e. The number of carbonyl (C=O) groups excluding carboxylic acids is 1. The van der Waals surface area contributed by atoms with Crippen LogP contribution in [0.25, 0.3) is 0 Å². The Hall–Kier alpha value is -2.14. The van der Waals surface area contributed by atoms with Crippen molar-refractivity contribution in [2.45, 2.75) is 33.7 Å². The third-order valence-corrected chi connectivity index (χ3v) is 3.94. The summed E-state index contributed by atoms with van der Waals surface area (Å²) in [6.45, 7) is 10.2. The Balaban J connectivity index is 1.83. The molecule has 0 radical (unpaired) electrons. The van der Waals surface area contributed by atoms with Gasteiger partial charge in [-0.3, -0.25) is 9.48 Å². The van der Waals surface area contributed by atoms with E-state index in [-0.39, 0.29) is 5.91 Å². The highest BCUT2D eigenvalue weighted by atomic mass is 16.1. The van der Waals surface area contributed by atoms with E-state index in [1.165, 1.54) is 5.56 Å². The minimum absolute atomic E-state index is 0.0165. The number of carbonyl (C=O) groups is 1. The van der Waals surface area contributed by atoms with Crippen molar-refractivity contribution in [2.75, 3.05) is 25.0 Å². The molecule has 0 aliphatic rings. The molecule has 0 atom stereocenters. The fraction of sp³-hybridized carbons (Fsp3) is 0.444. The molecule has 0 unspecified atom stereocenters. The number of aryl methyl sites for hydroxylation is 1. The number of nitrogens with zero attached hydrogens (tertiary/aromatic N) is 3. The summed E-state index contributed by atoms with van der Waals surface area (Å²) in [5.74, 6) is -0.0165. The minimum atomic E-state index is -0.0165. The monoisotopic (exact) mass is 314 g/mol. The van der Waals surface area contributed by atoms with Crippen molar-refractivity contribution in [1.82, 2.24) is 14.7 Å². The Morgan fingerprint density at radius 3 is 2.57 bits per heavy atom. The van der Waals surface area contributed by atoms with Crippen LogP contribution >= 0.6 is 0 Å².